The summed E-state index contributed by atoms with van der Waals surface area (Å²) in [6.07, 6.45) is -10.1. The van der Waals surface area contributed by atoms with Gasteiger partial charge in [-0.25, -0.2) is 0 Å². The zero-order chi connectivity index (χ0) is 32.8. The van der Waals surface area contributed by atoms with Crippen molar-refractivity contribution in [1.82, 2.24) is 5.32 Å². The molecule has 0 fully saturated rings. The van der Waals surface area contributed by atoms with Gasteiger partial charge in [0, 0.05) is 28.0 Å². The van der Waals surface area contributed by atoms with Crippen molar-refractivity contribution in [3.05, 3.63) is 174 Å². The highest BCUT2D eigenvalue weighted by molar-refractivity contribution is 7.87. The second-order valence-electron chi connectivity index (χ2n) is 10.8. The Morgan fingerprint density at radius 1 is 0.609 bits per heavy atom. The van der Waals surface area contributed by atoms with Crippen LogP contribution in [0, 0.1) is 0 Å². The van der Waals surface area contributed by atoms with E-state index in [1.165, 1.54) is 0 Å². The van der Waals surface area contributed by atoms with Crippen LogP contribution in [0.2, 0.25) is 0 Å². The lowest BCUT2D eigenvalue weighted by Gasteiger charge is -2.29. The summed E-state index contributed by atoms with van der Waals surface area (Å²) in [7, 11) is -2.58. The van der Waals surface area contributed by atoms with E-state index in [2.05, 4.69) is 48.3 Å². The molecule has 0 spiro atoms. The maximum absolute atomic E-state index is 13.5. The van der Waals surface area contributed by atoms with Crippen LogP contribution < -0.4 is 21.2 Å². The van der Waals surface area contributed by atoms with Crippen LogP contribution in [-0.2, 0) is 18.8 Å². The highest BCUT2D eigenvalue weighted by atomic mass is 31.2. The normalized spacial score (nSPS) is 12.7. The largest absolute Gasteiger partial charge is 0.416 e. The van der Waals surface area contributed by atoms with E-state index in [-0.39, 0.29) is 30.3 Å². The first-order valence-corrected chi connectivity index (χ1v) is 16.2. The van der Waals surface area contributed by atoms with E-state index in [1.807, 2.05) is 84.9 Å². The quantitative estimate of drug-likeness (QED) is 0.119. The summed E-state index contributed by atoms with van der Waals surface area (Å²) < 4.78 is 86.6. The van der Waals surface area contributed by atoms with Crippen LogP contribution in [0.15, 0.2) is 157 Å². The van der Waals surface area contributed by atoms with E-state index in [1.54, 1.807) is 0 Å². The number of benzene rings is 5. The second kappa shape index (κ2) is 13.8. The van der Waals surface area contributed by atoms with E-state index in [0.717, 1.165) is 33.6 Å². The molecule has 0 aromatic heterocycles. The minimum atomic E-state index is -4.93. The van der Waals surface area contributed by atoms with Gasteiger partial charge in [0.15, 0.2) is 0 Å². The Morgan fingerprint density at radius 3 is 1.39 bits per heavy atom. The SMILES string of the molecule is C=C(Cc1cc(C(F)(F)F)cc(C(F)(F)F)c1)N[C@H](CN=P(c1ccccc1)(c1ccccc1)c1ccccc1)c1ccccc1. The average Bonchev–Trinajstić information content (AvgIpc) is 3.05. The van der Waals surface area contributed by atoms with Crippen LogP contribution >= 0.6 is 7.05 Å². The van der Waals surface area contributed by atoms with Crippen molar-refractivity contribution in [3.8, 4) is 0 Å². The Bertz CT molecular complexity index is 1670. The van der Waals surface area contributed by atoms with Crippen molar-refractivity contribution < 1.29 is 26.3 Å². The van der Waals surface area contributed by atoms with Gasteiger partial charge in [-0.3, -0.25) is 4.74 Å². The average molecular weight is 649 g/mol. The smallest absolute Gasteiger partial charge is 0.380 e. The monoisotopic (exact) mass is 648 g/mol. The molecule has 5 rings (SSSR count). The third-order valence-electron chi connectivity index (χ3n) is 7.51. The van der Waals surface area contributed by atoms with Crippen LogP contribution in [0.25, 0.3) is 0 Å². The number of halogens is 6. The van der Waals surface area contributed by atoms with Gasteiger partial charge in [0.1, 0.15) is 0 Å². The summed E-state index contributed by atoms with van der Waals surface area (Å²) in [6.45, 7) is 4.25. The van der Waals surface area contributed by atoms with Gasteiger partial charge in [-0.2, -0.15) is 26.3 Å². The molecular weight excluding hydrogens is 617 g/mol. The number of nitrogens with one attached hydrogen (secondary N) is 1. The Hall–Kier alpha value is -4.55. The lowest BCUT2D eigenvalue weighted by atomic mass is 10.0. The van der Waals surface area contributed by atoms with E-state index in [9.17, 15) is 26.3 Å². The summed E-state index contributed by atoms with van der Waals surface area (Å²) in [6, 6.07) is 40.6. The Morgan fingerprint density at radius 2 is 1.00 bits per heavy atom. The van der Waals surface area contributed by atoms with Crippen molar-refractivity contribution in [2.45, 2.75) is 24.8 Å². The molecule has 1 atom stereocenters. The van der Waals surface area contributed by atoms with E-state index >= 15 is 0 Å². The van der Waals surface area contributed by atoms with Gasteiger partial charge in [0.2, 0.25) is 0 Å². The van der Waals surface area contributed by atoms with Crippen molar-refractivity contribution >= 4 is 23.0 Å². The molecule has 5 aromatic carbocycles. The molecule has 0 amide bonds. The third-order valence-corrected chi connectivity index (χ3v) is 11.2. The summed E-state index contributed by atoms with van der Waals surface area (Å²) in [5.41, 5.74) is -1.76. The van der Waals surface area contributed by atoms with E-state index in [0.29, 0.717) is 0 Å². The van der Waals surface area contributed by atoms with Crippen molar-refractivity contribution in [3.63, 3.8) is 0 Å². The number of hydrogen-bond acceptors (Lipinski definition) is 2. The van der Waals surface area contributed by atoms with Gasteiger partial charge >= 0.3 is 12.4 Å². The summed E-state index contributed by atoms with van der Waals surface area (Å²) in [5.74, 6) is 0. The first kappa shape index (κ1) is 32.8. The molecule has 1 N–H and O–H groups in total. The Kier molecular flexibility index (Phi) is 9.88. The molecule has 9 heteroatoms. The fourth-order valence-corrected chi connectivity index (χ4v) is 9.02. The summed E-state index contributed by atoms with van der Waals surface area (Å²) in [5, 5.41) is 6.42. The van der Waals surface area contributed by atoms with Crippen LogP contribution in [0.1, 0.15) is 28.3 Å². The molecule has 2 nitrogen and oxygen atoms in total. The topological polar surface area (TPSA) is 24.4 Å². The highest BCUT2D eigenvalue weighted by Crippen LogP contribution is 2.47. The molecule has 0 aliphatic heterocycles. The predicted molar refractivity (Wildman–Crippen MR) is 174 cm³/mol. The first-order valence-electron chi connectivity index (χ1n) is 14.5. The molecule has 0 saturated heterocycles. The molecule has 5 aromatic rings. The second-order valence-corrected chi connectivity index (χ2v) is 13.9. The maximum Gasteiger partial charge on any atom is 0.416 e. The zero-order valence-electron chi connectivity index (χ0n) is 24.6. The van der Waals surface area contributed by atoms with Gasteiger partial charge in [-0.1, -0.05) is 128 Å². The van der Waals surface area contributed by atoms with Crippen LogP contribution in [-0.4, -0.2) is 6.54 Å². The lowest BCUT2D eigenvalue weighted by molar-refractivity contribution is -0.143. The number of hydrogen-bond donors (Lipinski definition) is 1. The van der Waals surface area contributed by atoms with E-state index < -0.39 is 36.6 Å². The molecule has 0 bridgehead atoms. The summed E-state index contributed by atoms with van der Waals surface area (Å²) >= 11 is 0. The molecule has 0 unspecified atom stereocenters. The minimum Gasteiger partial charge on any atom is -0.380 e. The Labute approximate surface area is 264 Å². The number of alkyl halides is 6. The van der Waals surface area contributed by atoms with Crippen LogP contribution in [0.4, 0.5) is 26.3 Å². The number of rotatable bonds is 10. The molecule has 46 heavy (non-hydrogen) atoms. The predicted octanol–water partition coefficient (Wildman–Crippen LogP) is 9.29. The molecule has 0 aliphatic carbocycles. The number of nitrogens with zero attached hydrogens (tertiary/aromatic N) is 1. The van der Waals surface area contributed by atoms with Gasteiger partial charge in [-0.05, 0) is 29.3 Å². The fourth-order valence-electron chi connectivity index (χ4n) is 5.41. The van der Waals surface area contributed by atoms with E-state index in [4.69, 9.17) is 4.74 Å². The fraction of sp³-hybridized carbons (Fsp3) is 0.135. The maximum atomic E-state index is 13.5. The van der Waals surface area contributed by atoms with Crippen molar-refractivity contribution in [2.24, 2.45) is 4.74 Å². The van der Waals surface area contributed by atoms with Gasteiger partial charge < -0.3 is 5.32 Å². The molecule has 0 radical (unpaired) electrons. The molecule has 236 valence electrons. The van der Waals surface area contributed by atoms with Gasteiger partial charge in [-0.15, -0.1) is 0 Å². The highest BCUT2D eigenvalue weighted by Gasteiger charge is 2.37. The van der Waals surface area contributed by atoms with Gasteiger partial charge in [0.05, 0.1) is 30.8 Å². The van der Waals surface area contributed by atoms with Crippen molar-refractivity contribution in [2.75, 3.05) is 6.54 Å². The van der Waals surface area contributed by atoms with Crippen LogP contribution in [0.5, 0.6) is 0 Å². The van der Waals surface area contributed by atoms with Crippen molar-refractivity contribution in [1.29, 1.82) is 0 Å². The van der Waals surface area contributed by atoms with Gasteiger partial charge in [0.25, 0.3) is 0 Å². The standard InChI is InChI=1S/C37H31F6N2P/c1-27(22-28-23-30(36(38,39)40)25-31(24-28)37(41,42)43)45-35(29-14-6-2-7-15-29)26-44-46(32-16-8-3-9-17-32,33-18-10-4-11-19-33)34-20-12-5-13-21-34/h2-21,23-25,35,45H,1,22,26H2/t35-/m1/s1. The zero-order valence-corrected chi connectivity index (χ0v) is 25.5. The third kappa shape index (κ3) is 7.63. The summed E-state index contributed by atoms with van der Waals surface area (Å²) in [4.78, 5) is 0. The minimum absolute atomic E-state index is 0.130. The van der Waals surface area contributed by atoms with Crippen LogP contribution in [0.3, 0.4) is 0 Å². The molecule has 0 heterocycles. The molecule has 0 saturated carbocycles. The first-order chi connectivity index (χ1) is 22.0. The molecule has 0 aliphatic rings. The lowest BCUT2D eigenvalue weighted by Crippen LogP contribution is -2.28. The number of allylic oxidation sites excluding steroid dienone is 1. The Balaban J connectivity index is 1.57. The molecular formula is C37H31F6N2P.